The number of hydrogen-bond acceptors (Lipinski definition) is 4. The molecule has 0 aliphatic heterocycles. The normalized spacial score (nSPS) is 12.4. The summed E-state index contributed by atoms with van der Waals surface area (Å²) in [6.45, 7) is 4.18. The minimum absolute atomic E-state index is 0.0348. The van der Waals surface area contributed by atoms with Gasteiger partial charge in [0.05, 0.1) is 24.3 Å². The summed E-state index contributed by atoms with van der Waals surface area (Å²) in [5.74, 6) is 0.390. The molecule has 1 aromatic heterocycles. The van der Waals surface area contributed by atoms with E-state index in [0.29, 0.717) is 5.75 Å². The number of unbranched alkanes of at least 4 members (excludes halogenated alkanes) is 2. The lowest BCUT2D eigenvalue weighted by Gasteiger charge is -2.13. The Morgan fingerprint density at radius 3 is 2.90 bits per heavy atom. The number of imidazole rings is 1. The number of aliphatic hydroxyl groups excluding tert-OH is 1. The Morgan fingerprint density at radius 1 is 1.55 bits per heavy atom. The number of amides is 1. The van der Waals surface area contributed by atoms with Gasteiger partial charge < -0.3 is 15.0 Å². The first-order valence-corrected chi connectivity index (χ1v) is 8.10. The number of nitrogens with one attached hydrogen (secondary N) is 1. The highest BCUT2D eigenvalue weighted by Crippen LogP contribution is 2.17. The molecule has 0 saturated carbocycles. The van der Waals surface area contributed by atoms with Gasteiger partial charge >= 0.3 is 0 Å². The Kier molecular flexibility index (Phi) is 7.69. The molecular weight excluding hydrogens is 274 g/mol. The molecule has 0 radical (unpaired) electrons. The van der Waals surface area contributed by atoms with E-state index < -0.39 is 0 Å². The van der Waals surface area contributed by atoms with E-state index in [2.05, 4.69) is 17.2 Å². The summed E-state index contributed by atoms with van der Waals surface area (Å²) in [5.41, 5.74) is 0.751. The van der Waals surface area contributed by atoms with Crippen molar-refractivity contribution in [2.45, 2.75) is 57.3 Å². The number of hydrogen-bond donors (Lipinski definition) is 2. The van der Waals surface area contributed by atoms with Crippen molar-refractivity contribution in [3.05, 3.63) is 11.9 Å². The molecule has 2 N–H and O–H groups in total. The van der Waals surface area contributed by atoms with Crippen molar-refractivity contribution in [1.29, 1.82) is 0 Å². The third-order valence-electron chi connectivity index (χ3n) is 3.18. The van der Waals surface area contributed by atoms with Crippen molar-refractivity contribution in [2.75, 3.05) is 5.75 Å². The number of aliphatic hydroxyl groups is 1. The summed E-state index contributed by atoms with van der Waals surface area (Å²) in [5, 5.41) is 12.8. The molecule has 0 aliphatic rings. The predicted molar refractivity (Wildman–Crippen MR) is 81.6 cm³/mol. The summed E-state index contributed by atoms with van der Waals surface area (Å²) >= 11 is 1.39. The van der Waals surface area contributed by atoms with Crippen molar-refractivity contribution < 1.29 is 9.90 Å². The fourth-order valence-electron chi connectivity index (χ4n) is 1.93. The molecule has 1 rings (SSSR count). The molecule has 1 unspecified atom stereocenters. The molecule has 1 heterocycles. The van der Waals surface area contributed by atoms with Crippen molar-refractivity contribution in [3.63, 3.8) is 0 Å². The predicted octanol–water partition coefficient (Wildman–Crippen LogP) is 2.09. The van der Waals surface area contributed by atoms with Gasteiger partial charge in [0, 0.05) is 13.1 Å². The van der Waals surface area contributed by atoms with E-state index in [-0.39, 0.29) is 18.6 Å². The zero-order chi connectivity index (χ0) is 15.0. The van der Waals surface area contributed by atoms with Gasteiger partial charge in [0.25, 0.3) is 0 Å². The molecule has 1 aromatic rings. The van der Waals surface area contributed by atoms with E-state index in [1.807, 2.05) is 18.5 Å². The average molecular weight is 299 g/mol. The van der Waals surface area contributed by atoms with Crippen LogP contribution in [0.2, 0.25) is 0 Å². The molecule has 0 aromatic carbocycles. The van der Waals surface area contributed by atoms with Crippen LogP contribution in [0.3, 0.4) is 0 Å². The van der Waals surface area contributed by atoms with Crippen LogP contribution < -0.4 is 5.32 Å². The smallest absolute Gasteiger partial charge is 0.230 e. The molecule has 20 heavy (non-hydrogen) atoms. The summed E-state index contributed by atoms with van der Waals surface area (Å²) in [6, 6.07) is 0.226. The largest absolute Gasteiger partial charge is 0.390 e. The van der Waals surface area contributed by atoms with Gasteiger partial charge in [-0.3, -0.25) is 4.79 Å². The number of nitrogens with zero attached hydrogens (tertiary/aromatic N) is 2. The maximum absolute atomic E-state index is 11.8. The molecule has 0 aliphatic carbocycles. The molecule has 5 nitrogen and oxygen atoms in total. The summed E-state index contributed by atoms with van der Waals surface area (Å²) in [6.07, 6.45) is 6.23. The van der Waals surface area contributed by atoms with Crippen molar-refractivity contribution in [1.82, 2.24) is 14.9 Å². The highest BCUT2D eigenvalue weighted by molar-refractivity contribution is 7.99. The lowest BCUT2D eigenvalue weighted by atomic mass is 10.1. The van der Waals surface area contributed by atoms with Crippen LogP contribution in [-0.2, 0) is 18.4 Å². The van der Waals surface area contributed by atoms with Gasteiger partial charge in [0.1, 0.15) is 0 Å². The van der Waals surface area contributed by atoms with Crippen LogP contribution in [0, 0.1) is 0 Å². The first kappa shape index (κ1) is 17.0. The average Bonchev–Trinajstić information content (AvgIpc) is 2.77. The third kappa shape index (κ3) is 5.54. The van der Waals surface area contributed by atoms with Gasteiger partial charge in [-0.15, -0.1) is 0 Å². The highest BCUT2D eigenvalue weighted by atomic mass is 32.2. The monoisotopic (exact) mass is 299 g/mol. The zero-order valence-electron chi connectivity index (χ0n) is 12.6. The second kappa shape index (κ2) is 9.02. The molecule has 1 amide bonds. The van der Waals surface area contributed by atoms with Gasteiger partial charge in [-0.2, -0.15) is 0 Å². The Balaban J connectivity index is 2.30. The fraction of sp³-hybridized carbons (Fsp3) is 0.714. The SMILES string of the molecule is CCCCCC(C)NC(=O)CSc1ncc(CO)n1C. The van der Waals surface area contributed by atoms with Crippen molar-refractivity contribution >= 4 is 17.7 Å². The maximum Gasteiger partial charge on any atom is 0.230 e. The molecular formula is C14H25N3O2S. The first-order valence-electron chi connectivity index (χ1n) is 7.12. The standard InChI is InChI=1S/C14H25N3O2S/c1-4-5-6-7-11(2)16-13(19)10-20-14-15-8-12(9-18)17(14)3/h8,11,18H,4-7,9-10H2,1-3H3,(H,16,19). The molecule has 114 valence electrons. The fourth-order valence-corrected chi connectivity index (χ4v) is 2.71. The van der Waals surface area contributed by atoms with E-state index in [9.17, 15) is 4.79 Å². The zero-order valence-corrected chi connectivity index (χ0v) is 13.4. The highest BCUT2D eigenvalue weighted by Gasteiger charge is 2.11. The van der Waals surface area contributed by atoms with Gasteiger partial charge in [0.15, 0.2) is 5.16 Å². The Morgan fingerprint density at radius 2 is 2.30 bits per heavy atom. The van der Waals surface area contributed by atoms with Gasteiger partial charge in [0.2, 0.25) is 5.91 Å². The Bertz CT molecular complexity index is 421. The van der Waals surface area contributed by atoms with Crippen LogP contribution >= 0.6 is 11.8 Å². The van der Waals surface area contributed by atoms with Crippen LogP contribution in [0.25, 0.3) is 0 Å². The lowest BCUT2D eigenvalue weighted by molar-refractivity contribution is -0.119. The van der Waals surface area contributed by atoms with Gasteiger partial charge in [-0.1, -0.05) is 37.9 Å². The molecule has 6 heteroatoms. The van der Waals surface area contributed by atoms with Crippen LogP contribution in [0.1, 0.15) is 45.2 Å². The first-order chi connectivity index (χ1) is 9.58. The molecule has 0 bridgehead atoms. The topological polar surface area (TPSA) is 67.2 Å². The third-order valence-corrected chi connectivity index (χ3v) is 4.23. The van der Waals surface area contributed by atoms with E-state index >= 15 is 0 Å². The van der Waals surface area contributed by atoms with Gasteiger partial charge in [-0.25, -0.2) is 4.98 Å². The Labute approximate surface area is 125 Å². The van der Waals surface area contributed by atoms with Crippen molar-refractivity contribution in [3.8, 4) is 0 Å². The van der Waals surface area contributed by atoms with Crippen LogP contribution in [-0.4, -0.2) is 32.4 Å². The van der Waals surface area contributed by atoms with Gasteiger partial charge in [-0.05, 0) is 13.3 Å². The summed E-state index contributed by atoms with van der Waals surface area (Å²) in [4.78, 5) is 16.0. The minimum atomic E-state index is -0.0370. The molecule has 0 fully saturated rings. The second-order valence-electron chi connectivity index (χ2n) is 5.00. The quantitative estimate of drug-likeness (QED) is 0.541. The number of carbonyl (C=O) groups is 1. The number of thioether (sulfide) groups is 1. The molecule has 0 spiro atoms. The van der Waals surface area contributed by atoms with Crippen LogP contribution in [0.15, 0.2) is 11.4 Å². The summed E-state index contributed by atoms with van der Waals surface area (Å²) in [7, 11) is 1.84. The van der Waals surface area contributed by atoms with E-state index in [0.717, 1.165) is 23.7 Å². The second-order valence-corrected chi connectivity index (χ2v) is 5.94. The summed E-state index contributed by atoms with van der Waals surface area (Å²) < 4.78 is 1.81. The lowest BCUT2D eigenvalue weighted by Crippen LogP contribution is -2.33. The number of rotatable bonds is 9. The van der Waals surface area contributed by atoms with Crippen LogP contribution in [0.4, 0.5) is 0 Å². The maximum atomic E-state index is 11.8. The van der Waals surface area contributed by atoms with Crippen LogP contribution in [0.5, 0.6) is 0 Å². The van der Waals surface area contributed by atoms with E-state index in [1.54, 1.807) is 6.20 Å². The van der Waals surface area contributed by atoms with E-state index in [1.165, 1.54) is 24.6 Å². The number of aromatic nitrogens is 2. The Hall–Kier alpha value is -1.01. The molecule has 0 saturated heterocycles. The van der Waals surface area contributed by atoms with Crippen molar-refractivity contribution in [2.24, 2.45) is 7.05 Å². The number of carbonyl (C=O) groups excluding carboxylic acids is 1. The minimum Gasteiger partial charge on any atom is -0.390 e. The molecule has 1 atom stereocenters. The van der Waals surface area contributed by atoms with E-state index in [4.69, 9.17) is 5.11 Å².